The molecule has 1 aromatic carbocycles. The highest BCUT2D eigenvalue weighted by atomic mass is 16.2. The normalized spacial score (nSPS) is 18.2. The first-order valence-electron chi connectivity index (χ1n) is 8.81. The number of para-hydroxylation sites is 1. The van der Waals surface area contributed by atoms with Crippen molar-refractivity contribution in [3.8, 4) is 5.69 Å². The van der Waals surface area contributed by atoms with Crippen molar-refractivity contribution in [2.24, 2.45) is 0 Å². The molecule has 2 unspecified atom stereocenters. The Kier molecular flexibility index (Phi) is 5.16. The van der Waals surface area contributed by atoms with Crippen LogP contribution in [0, 0.1) is 0 Å². The summed E-state index contributed by atoms with van der Waals surface area (Å²) in [4.78, 5) is 31.4. The van der Waals surface area contributed by atoms with E-state index in [-0.39, 0.29) is 17.9 Å². The molecule has 6 heteroatoms. The molecule has 132 valence electrons. The summed E-state index contributed by atoms with van der Waals surface area (Å²) in [5, 5.41) is 2.99. The van der Waals surface area contributed by atoms with Gasteiger partial charge in [-0.1, -0.05) is 25.1 Å². The number of carbonyl (C=O) groups excluding carboxylic acids is 2. The number of hydrogen-bond donors (Lipinski definition) is 1. The molecule has 1 aliphatic rings. The van der Waals surface area contributed by atoms with Gasteiger partial charge in [-0.2, -0.15) is 0 Å². The summed E-state index contributed by atoms with van der Waals surface area (Å²) in [6.07, 6.45) is 5.61. The van der Waals surface area contributed by atoms with Crippen LogP contribution >= 0.6 is 0 Å². The lowest BCUT2D eigenvalue weighted by Crippen LogP contribution is -2.48. The monoisotopic (exact) mass is 340 g/mol. The fraction of sp³-hybridized carbons (Fsp3) is 0.421. The Morgan fingerprint density at radius 1 is 1.32 bits per heavy atom. The van der Waals surface area contributed by atoms with Gasteiger partial charge in [-0.25, -0.2) is 4.98 Å². The summed E-state index contributed by atoms with van der Waals surface area (Å²) in [6.45, 7) is 4.60. The number of carbonyl (C=O) groups is 2. The Morgan fingerprint density at radius 2 is 2.08 bits per heavy atom. The summed E-state index contributed by atoms with van der Waals surface area (Å²) in [5.74, 6) is -0.214. The number of aromatic nitrogens is 2. The number of amides is 2. The number of nitrogens with zero attached hydrogens (tertiary/aromatic N) is 3. The summed E-state index contributed by atoms with van der Waals surface area (Å²) < 4.78 is 1.77. The van der Waals surface area contributed by atoms with Crippen molar-refractivity contribution in [1.82, 2.24) is 19.8 Å². The third-order valence-electron chi connectivity index (χ3n) is 4.71. The van der Waals surface area contributed by atoms with E-state index in [1.165, 1.54) is 0 Å². The first-order chi connectivity index (χ1) is 12.1. The Morgan fingerprint density at radius 3 is 2.80 bits per heavy atom. The Labute approximate surface area is 147 Å². The topological polar surface area (TPSA) is 67.2 Å². The van der Waals surface area contributed by atoms with Crippen LogP contribution in [0.25, 0.3) is 5.69 Å². The molecule has 2 heterocycles. The summed E-state index contributed by atoms with van der Waals surface area (Å²) in [6, 6.07) is 9.33. The molecule has 0 aliphatic carbocycles. The van der Waals surface area contributed by atoms with Crippen molar-refractivity contribution in [2.75, 3.05) is 6.54 Å². The van der Waals surface area contributed by atoms with Gasteiger partial charge >= 0.3 is 0 Å². The lowest BCUT2D eigenvalue weighted by atomic mass is 10.1. The van der Waals surface area contributed by atoms with Gasteiger partial charge in [0.15, 0.2) is 0 Å². The van der Waals surface area contributed by atoms with Crippen molar-refractivity contribution >= 4 is 11.8 Å². The van der Waals surface area contributed by atoms with Crippen LogP contribution in [0.5, 0.6) is 0 Å². The second kappa shape index (κ2) is 7.51. The van der Waals surface area contributed by atoms with Gasteiger partial charge in [-0.05, 0) is 38.3 Å². The zero-order valence-corrected chi connectivity index (χ0v) is 14.7. The van der Waals surface area contributed by atoms with Crippen LogP contribution < -0.4 is 5.32 Å². The second-order valence-electron chi connectivity index (χ2n) is 6.46. The van der Waals surface area contributed by atoms with Crippen LogP contribution in [0.1, 0.15) is 43.6 Å². The quantitative estimate of drug-likeness (QED) is 0.909. The predicted molar refractivity (Wildman–Crippen MR) is 95.5 cm³/mol. The molecule has 0 bridgehead atoms. The van der Waals surface area contributed by atoms with Crippen molar-refractivity contribution in [3.63, 3.8) is 0 Å². The van der Waals surface area contributed by atoms with Gasteiger partial charge in [0.2, 0.25) is 5.91 Å². The predicted octanol–water partition coefficient (Wildman–Crippen LogP) is 2.39. The number of imidazole rings is 1. The minimum atomic E-state index is -0.402. The SMILES string of the molecule is CCC(C)NC(=O)C1CCCN1C(=O)c1cncn1-c1ccccc1. The van der Waals surface area contributed by atoms with Gasteiger partial charge in [-0.3, -0.25) is 14.2 Å². The fourth-order valence-corrected chi connectivity index (χ4v) is 3.12. The van der Waals surface area contributed by atoms with Gasteiger partial charge < -0.3 is 10.2 Å². The number of nitrogens with one attached hydrogen (secondary N) is 1. The Hall–Kier alpha value is -2.63. The maximum atomic E-state index is 13.1. The molecular weight excluding hydrogens is 316 g/mol. The maximum Gasteiger partial charge on any atom is 0.273 e. The van der Waals surface area contributed by atoms with Gasteiger partial charge in [-0.15, -0.1) is 0 Å². The molecule has 1 aliphatic heterocycles. The second-order valence-corrected chi connectivity index (χ2v) is 6.46. The number of hydrogen-bond acceptors (Lipinski definition) is 3. The summed E-state index contributed by atoms with van der Waals surface area (Å²) >= 11 is 0. The molecule has 2 amide bonds. The average molecular weight is 340 g/mol. The minimum absolute atomic E-state index is 0.0639. The molecule has 1 fully saturated rings. The molecule has 3 rings (SSSR count). The largest absolute Gasteiger partial charge is 0.352 e. The summed E-state index contributed by atoms with van der Waals surface area (Å²) in [5.41, 5.74) is 1.36. The molecule has 2 atom stereocenters. The molecule has 0 saturated carbocycles. The van der Waals surface area contributed by atoms with Crippen molar-refractivity contribution in [3.05, 3.63) is 48.5 Å². The molecule has 1 aromatic heterocycles. The van der Waals surface area contributed by atoms with E-state index in [0.717, 1.165) is 18.5 Å². The highest BCUT2D eigenvalue weighted by molar-refractivity contribution is 5.97. The first-order valence-corrected chi connectivity index (χ1v) is 8.81. The fourth-order valence-electron chi connectivity index (χ4n) is 3.12. The van der Waals surface area contributed by atoms with Crippen molar-refractivity contribution < 1.29 is 9.59 Å². The number of benzene rings is 1. The van der Waals surface area contributed by atoms with Gasteiger partial charge in [0.1, 0.15) is 11.7 Å². The van der Waals surface area contributed by atoms with Gasteiger partial charge in [0, 0.05) is 18.3 Å². The third-order valence-corrected chi connectivity index (χ3v) is 4.71. The lowest BCUT2D eigenvalue weighted by Gasteiger charge is -2.25. The van der Waals surface area contributed by atoms with Crippen LogP contribution in [0.4, 0.5) is 0 Å². The van der Waals surface area contributed by atoms with Gasteiger partial charge in [0.05, 0.1) is 12.5 Å². The zero-order valence-electron chi connectivity index (χ0n) is 14.7. The van der Waals surface area contributed by atoms with Crippen LogP contribution in [0.2, 0.25) is 0 Å². The zero-order chi connectivity index (χ0) is 17.8. The van der Waals surface area contributed by atoms with Crippen molar-refractivity contribution in [2.45, 2.75) is 45.2 Å². The minimum Gasteiger partial charge on any atom is -0.352 e. The molecule has 1 saturated heterocycles. The van der Waals surface area contributed by atoms with E-state index in [4.69, 9.17) is 0 Å². The van der Waals surface area contributed by atoms with E-state index >= 15 is 0 Å². The van der Waals surface area contributed by atoms with E-state index in [1.54, 1.807) is 22.0 Å². The van der Waals surface area contributed by atoms with Crippen molar-refractivity contribution in [1.29, 1.82) is 0 Å². The molecule has 0 radical (unpaired) electrons. The molecule has 25 heavy (non-hydrogen) atoms. The van der Waals surface area contributed by atoms with E-state index in [2.05, 4.69) is 10.3 Å². The first kappa shape index (κ1) is 17.2. The smallest absolute Gasteiger partial charge is 0.273 e. The molecule has 6 nitrogen and oxygen atoms in total. The van der Waals surface area contributed by atoms with E-state index in [9.17, 15) is 9.59 Å². The van der Waals surface area contributed by atoms with Crippen LogP contribution in [0.3, 0.4) is 0 Å². The number of likely N-dealkylation sites (tertiary alicyclic amines) is 1. The van der Waals surface area contributed by atoms with Crippen LogP contribution in [-0.2, 0) is 4.79 Å². The van der Waals surface area contributed by atoms with Crippen LogP contribution in [0.15, 0.2) is 42.9 Å². The van der Waals surface area contributed by atoms with E-state index < -0.39 is 6.04 Å². The molecule has 1 N–H and O–H groups in total. The Balaban J connectivity index is 1.81. The van der Waals surface area contributed by atoms with Crippen LogP contribution in [-0.4, -0.2) is 44.9 Å². The molecule has 2 aromatic rings. The highest BCUT2D eigenvalue weighted by Crippen LogP contribution is 2.22. The highest BCUT2D eigenvalue weighted by Gasteiger charge is 2.36. The number of rotatable bonds is 5. The molecular formula is C19H24N4O2. The molecule has 0 spiro atoms. The third kappa shape index (κ3) is 3.57. The maximum absolute atomic E-state index is 13.1. The Bertz CT molecular complexity index is 741. The van der Waals surface area contributed by atoms with E-state index in [1.807, 2.05) is 44.2 Å². The summed E-state index contributed by atoms with van der Waals surface area (Å²) in [7, 11) is 0. The van der Waals surface area contributed by atoms with Gasteiger partial charge in [0.25, 0.3) is 5.91 Å². The standard InChI is InChI=1S/C19H24N4O2/c1-3-14(2)21-18(24)16-10-7-11-22(16)19(25)17-12-20-13-23(17)15-8-5-4-6-9-15/h4-6,8-9,12-14,16H,3,7,10-11H2,1-2H3,(H,21,24). The average Bonchev–Trinajstić information content (AvgIpc) is 3.31. The lowest BCUT2D eigenvalue weighted by molar-refractivity contribution is -0.125. The van der Waals surface area contributed by atoms with E-state index in [0.29, 0.717) is 18.7 Å².